The van der Waals surface area contributed by atoms with Crippen LogP contribution in [0.15, 0.2) is 30.3 Å². The fourth-order valence-electron chi connectivity index (χ4n) is 4.66. The second-order valence-corrected chi connectivity index (χ2v) is 8.54. The molecular weight excluding hydrogens is 350 g/mol. The molecule has 3 rings (SSSR count). The summed E-state index contributed by atoms with van der Waals surface area (Å²) in [5, 5.41) is 0. The van der Waals surface area contributed by atoms with Crippen molar-refractivity contribution >= 4 is 11.8 Å². The van der Waals surface area contributed by atoms with E-state index in [0.717, 1.165) is 38.8 Å². The smallest absolute Gasteiger partial charge is 0.223 e. The van der Waals surface area contributed by atoms with Crippen LogP contribution >= 0.6 is 0 Å². The first-order valence-corrected chi connectivity index (χ1v) is 10.9. The lowest BCUT2D eigenvalue weighted by Gasteiger charge is -2.37. The van der Waals surface area contributed by atoms with Gasteiger partial charge in [0.2, 0.25) is 11.8 Å². The summed E-state index contributed by atoms with van der Waals surface area (Å²) < 4.78 is 0. The van der Waals surface area contributed by atoms with E-state index in [9.17, 15) is 9.59 Å². The Labute approximate surface area is 169 Å². The summed E-state index contributed by atoms with van der Waals surface area (Å²) in [4.78, 5) is 29.5. The number of aryl methyl sites for hydroxylation is 1. The lowest BCUT2D eigenvalue weighted by atomic mass is 9.71. The monoisotopic (exact) mass is 385 g/mol. The summed E-state index contributed by atoms with van der Waals surface area (Å²) in [5.74, 6) is 0.426. The quantitative estimate of drug-likeness (QED) is 0.819. The van der Waals surface area contributed by atoms with Crippen LogP contribution in [0.4, 0.5) is 0 Å². The van der Waals surface area contributed by atoms with Crippen LogP contribution < -0.4 is 5.73 Å². The molecule has 2 fully saturated rings. The van der Waals surface area contributed by atoms with Gasteiger partial charge in [0, 0.05) is 39.0 Å². The van der Waals surface area contributed by atoms with Crippen LogP contribution in [-0.4, -0.2) is 54.3 Å². The predicted octanol–water partition coefficient (Wildman–Crippen LogP) is 2.98. The van der Waals surface area contributed by atoms with Crippen molar-refractivity contribution in [2.24, 2.45) is 11.1 Å². The molecule has 2 aliphatic rings. The van der Waals surface area contributed by atoms with Gasteiger partial charge in [0.1, 0.15) is 0 Å². The molecule has 1 aliphatic carbocycles. The molecule has 0 aromatic heterocycles. The van der Waals surface area contributed by atoms with Crippen molar-refractivity contribution in [1.82, 2.24) is 9.80 Å². The zero-order valence-electron chi connectivity index (χ0n) is 17.1. The number of carbonyl (C=O) groups excluding carboxylic acids is 2. The summed E-state index contributed by atoms with van der Waals surface area (Å²) in [7, 11) is 0. The van der Waals surface area contributed by atoms with Gasteiger partial charge in [-0.15, -0.1) is 0 Å². The van der Waals surface area contributed by atoms with Crippen molar-refractivity contribution in [3.05, 3.63) is 35.9 Å². The Balaban J connectivity index is 1.48. The highest BCUT2D eigenvalue weighted by Crippen LogP contribution is 2.38. The molecule has 5 heteroatoms. The van der Waals surface area contributed by atoms with Gasteiger partial charge < -0.3 is 15.5 Å². The van der Waals surface area contributed by atoms with Crippen LogP contribution in [0, 0.1) is 5.41 Å². The molecule has 0 atom stereocenters. The highest BCUT2D eigenvalue weighted by molar-refractivity contribution is 5.78. The van der Waals surface area contributed by atoms with Crippen LogP contribution in [-0.2, 0) is 16.0 Å². The Hall–Kier alpha value is -1.88. The Kier molecular flexibility index (Phi) is 7.49. The molecule has 0 spiro atoms. The van der Waals surface area contributed by atoms with Crippen molar-refractivity contribution in [3.63, 3.8) is 0 Å². The Bertz CT molecular complexity index is 641. The third kappa shape index (κ3) is 5.57. The highest BCUT2D eigenvalue weighted by Gasteiger charge is 2.34. The molecule has 1 heterocycles. The fraction of sp³-hybridized carbons (Fsp3) is 0.652. The van der Waals surface area contributed by atoms with Gasteiger partial charge >= 0.3 is 0 Å². The van der Waals surface area contributed by atoms with E-state index in [2.05, 4.69) is 12.1 Å². The van der Waals surface area contributed by atoms with E-state index in [1.165, 1.54) is 24.8 Å². The zero-order valence-corrected chi connectivity index (χ0v) is 17.1. The van der Waals surface area contributed by atoms with Gasteiger partial charge in [0.05, 0.1) is 0 Å². The minimum Gasteiger partial charge on any atom is -0.341 e. The van der Waals surface area contributed by atoms with E-state index < -0.39 is 0 Å². The number of nitrogens with two attached hydrogens (primary N) is 1. The van der Waals surface area contributed by atoms with Gasteiger partial charge in [-0.05, 0) is 43.2 Å². The van der Waals surface area contributed by atoms with E-state index in [1.807, 2.05) is 28.0 Å². The van der Waals surface area contributed by atoms with Crippen molar-refractivity contribution in [2.45, 2.75) is 57.8 Å². The molecule has 1 aromatic rings. The maximum absolute atomic E-state index is 12.9. The summed E-state index contributed by atoms with van der Waals surface area (Å²) >= 11 is 0. The van der Waals surface area contributed by atoms with Gasteiger partial charge in [-0.3, -0.25) is 9.59 Å². The summed E-state index contributed by atoms with van der Waals surface area (Å²) in [6, 6.07) is 10.1. The van der Waals surface area contributed by atoms with Crippen LogP contribution in [0.2, 0.25) is 0 Å². The summed E-state index contributed by atoms with van der Waals surface area (Å²) in [5.41, 5.74) is 7.27. The van der Waals surface area contributed by atoms with Crippen LogP contribution in [0.1, 0.15) is 56.9 Å². The normalized spacial score (nSPS) is 19.9. The Morgan fingerprint density at radius 1 is 0.857 bits per heavy atom. The van der Waals surface area contributed by atoms with Crippen molar-refractivity contribution in [2.75, 3.05) is 32.7 Å². The van der Waals surface area contributed by atoms with Crippen molar-refractivity contribution < 1.29 is 9.59 Å². The molecule has 5 nitrogen and oxygen atoms in total. The number of rotatable bonds is 6. The van der Waals surface area contributed by atoms with Crippen molar-refractivity contribution in [3.8, 4) is 0 Å². The molecule has 2 N–H and O–H groups in total. The van der Waals surface area contributed by atoms with E-state index >= 15 is 0 Å². The predicted molar refractivity (Wildman–Crippen MR) is 112 cm³/mol. The van der Waals surface area contributed by atoms with Gasteiger partial charge in [0.25, 0.3) is 0 Å². The molecule has 1 aliphatic heterocycles. The van der Waals surface area contributed by atoms with E-state index in [4.69, 9.17) is 5.73 Å². The zero-order chi connectivity index (χ0) is 19.8. The molecule has 2 amide bonds. The lowest BCUT2D eigenvalue weighted by molar-refractivity contribution is -0.135. The second kappa shape index (κ2) is 10.1. The lowest BCUT2D eigenvalue weighted by Crippen LogP contribution is -2.42. The molecule has 0 radical (unpaired) electrons. The Morgan fingerprint density at radius 3 is 2.14 bits per heavy atom. The maximum Gasteiger partial charge on any atom is 0.223 e. The molecule has 0 unspecified atom stereocenters. The van der Waals surface area contributed by atoms with Crippen molar-refractivity contribution in [1.29, 1.82) is 0 Å². The fourth-order valence-corrected chi connectivity index (χ4v) is 4.66. The topological polar surface area (TPSA) is 66.6 Å². The Morgan fingerprint density at radius 2 is 1.50 bits per heavy atom. The number of carbonyl (C=O) groups is 2. The number of hydrogen-bond donors (Lipinski definition) is 1. The second-order valence-electron chi connectivity index (χ2n) is 8.54. The first-order chi connectivity index (χ1) is 13.6. The van der Waals surface area contributed by atoms with E-state index in [1.54, 1.807) is 0 Å². The molecule has 28 heavy (non-hydrogen) atoms. The van der Waals surface area contributed by atoms with Crippen LogP contribution in [0.5, 0.6) is 0 Å². The third-order valence-corrected chi connectivity index (χ3v) is 6.55. The van der Waals surface area contributed by atoms with E-state index in [0.29, 0.717) is 32.5 Å². The molecule has 0 bridgehead atoms. The van der Waals surface area contributed by atoms with E-state index in [-0.39, 0.29) is 17.2 Å². The number of benzene rings is 1. The average molecular weight is 386 g/mol. The number of amides is 2. The molecule has 154 valence electrons. The largest absolute Gasteiger partial charge is 0.341 e. The maximum atomic E-state index is 12.9. The van der Waals surface area contributed by atoms with Crippen LogP contribution in [0.3, 0.4) is 0 Å². The van der Waals surface area contributed by atoms with Crippen LogP contribution in [0.25, 0.3) is 0 Å². The van der Waals surface area contributed by atoms with Gasteiger partial charge in [-0.25, -0.2) is 0 Å². The first-order valence-electron chi connectivity index (χ1n) is 10.9. The summed E-state index contributed by atoms with van der Waals surface area (Å²) in [6.45, 7) is 3.41. The third-order valence-electron chi connectivity index (χ3n) is 6.55. The van der Waals surface area contributed by atoms with Gasteiger partial charge in [-0.2, -0.15) is 0 Å². The molecular formula is C23H35N3O2. The standard InChI is InChI=1S/C23H35N3O2/c24-19-23(12-5-2-6-13-23)18-22(28)26-15-7-14-25(16-17-26)21(27)11-10-20-8-3-1-4-9-20/h1,3-4,8-9H,2,5-7,10-19,24H2. The number of nitrogens with zero attached hydrogens (tertiary/aromatic N) is 2. The summed E-state index contributed by atoms with van der Waals surface area (Å²) in [6.07, 6.45) is 8.54. The van der Waals surface area contributed by atoms with Gasteiger partial charge in [-0.1, -0.05) is 49.6 Å². The number of hydrogen-bond acceptors (Lipinski definition) is 3. The minimum absolute atomic E-state index is 0.00677. The average Bonchev–Trinajstić information content (AvgIpc) is 3.00. The minimum atomic E-state index is 0.00677. The SMILES string of the molecule is NCC1(CC(=O)N2CCCN(C(=O)CCc3ccccc3)CC2)CCCCC1. The molecule has 1 aromatic carbocycles. The molecule has 1 saturated carbocycles. The first kappa shape index (κ1) is 20.8. The molecule has 1 saturated heterocycles. The highest BCUT2D eigenvalue weighted by atomic mass is 16.2. The van der Waals surface area contributed by atoms with Gasteiger partial charge in [0.15, 0.2) is 0 Å².